The fourth-order valence-electron chi connectivity index (χ4n) is 14.2. The topological polar surface area (TPSA) is 411 Å². The number of aliphatic carboxylic acids is 6. The molecule has 0 atom stereocenters. The van der Waals surface area contributed by atoms with E-state index in [1.54, 1.807) is 37.2 Å². The molecule has 0 saturated heterocycles. The minimum atomic E-state index is -1.32. The fraction of sp³-hybridized carbons (Fsp3) is 0.259. The van der Waals surface area contributed by atoms with Crippen molar-refractivity contribution in [2.24, 2.45) is 0 Å². The molecule has 0 aromatic carbocycles. The van der Waals surface area contributed by atoms with Crippen molar-refractivity contribution in [1.29, 1.82) is 0 Å². The van der Waals surface area contributed by atoms with Crippen LogP contribution < -0.4 is 18.8 Å². The van der Waals surface area contributed by atoms with Crippen molar-refractivity contribution >= 4 is 123 Å². The Labute approximate surface area is 661 Å². The average molecular weight is 1580 g/mol. The van der Waals surface area contributed by atoms with Gasteiger partial charge in [0.25, 0.3) is 0 Å². The van der Waals surface area contributed by atoms with Crippen molar-refractivity contribution in [3.8, 4) is 33.4 Å². The molecule has 115 heavy (non-hydrogen) atoms. The second-order valence-corrected chi connectivity index (χ2v) is 26.2. The largest absolute Gasteiger partial charge is 0.544 e. The van der Waals surface area contributed by atoms with Gasteiger partial charge >= 0.3 is 65.7 Å². The van der Waals surface area contributed by atoms with E-state index in [1.807, 2.05) is 96.2 Å². The third-order valence-corrected chi connectivity index (χ3v) is 18.5. The number of esters is 6. The van der Waals surface area contributed by atoms with Gasteiger partial charge in [-0.3, -0.25) is 14.4 Å². The highest BCUT2D eigenvalue weighted by molar-refractivity contribution is 6.13. The lowest BCUT2D eigenvalue weighted by Crippen LogP contribution is -2.44. The van der Waals surface area contributed by atoms with E-state index in [0.717, 1.165) is 44.5 Å². The van der Waals surface area contributed by atoms with Crippen LogP contribution in [0.5, 0.6) is 0 Å². The maximum absolute atomic E-state index is 12.7. The smallest absolute Gasteiger partial charge is 0.370 e. The first kappa shape index (κ1) is 89.7. The molecule has 602 valence electrons. The lowest BCUT2D eigenvalue weighted by molar-refractivity contribution is -0.691. The Morgan fingerprint density at radius 3 is 0.991 bits per heavy atom. The predicted octanol–water partition coefficient (Wildman–Crippen LogP) is 9.88. The summed E-state index contributed by atoms with van der Waals surface area (Å²) in [6, 6.07) is 5.63. The molecule has 0 amide bonds. The van der Waals surface area contributed by atoms with Crippen LogP contribution in [0, 0.1) is 20.8 Å². The molecule has 12 rings (SSSR count). The zero-order chi connectivity index (χ0) is 81.0. The van der Waals surface area contributed by atoms with E-state index in [9.17, 15) is 88.2 Å². The number of hydrogen-bond donors (Lipinski definition) is 5. The summed E-state index contributed by atoms with van der Waals surface area (Å²) in [7, 11) is 7.53. The van der Waals surface area contributed by atoms with Crippen molar-refractivity contribution in [2.75, 3.05) is 42.7 Å². The quantitative estimate of drug-likeness (QED) is 0.0254. The molecular weight excluding hydrogens is 1490 g/mol. The van der Waals surface area contributed by atoms with E-state index in [1.165, 1.54) is 107 Å². The SMILES string of the molecule is C.C.C.C.COC(=O)c1c[n+](CC(=O)O)cc2c1C(=Cc1cc(C)c3cn(CC(=O)O)cc(C(=O)OC)c1-3)C=C2C.COC(=O)c1c[n+](CC(=O)O)cc2c1C(C)=CC2=Cc1cc(C)c2c(C(=O)OC)cn(CC(=O)O)cc1-2.COC(=O)c1c[n+](CC(=O)[O-])cc2c1C(C)=C/C2=C\c1cc(C)c2cn(CC(=O)O)cc(C(=O)OC)c1-2. The lowest BCUT2D eigenvalue weighted by Gasteiger charge is -2.14. The number of methoxy groups -OCH3 is 6. The molecule has 0 spiro atoms. The summed E-state index contributed by atoms with van der Waals surface area (Å²) in [5, 5.41) is 57.6. The van der Waals surface area contributed by atoms with Crippen LogP contribution in [0.25, 0.3) is 85.0 Å². The number of ether oxygens (including phenoxy) is 6. The van der Waals surface area contributed by atoms with Crippen molar-refractivity contribution in [2.45, 2.75) is 111 Å². The first-order valence-electron chi connectivity index (χ1n) is 33.7. The third-order valence-electron chi connectivity index (χ3n) is 18.5. The molecular formula is C85H90N6O24+2. The minimum Gasteiger partial charge on any atom is -0.544 e. The van der Waals surface area contributed by atoms with Crippen LogP contribution in [0.2, 0.25) is 0 Å². The predicted molar refractivity (Wildman–Crippen MR) is 420 cm³/mol. The van der Waals surface area contributed by atoms with E-state index in [4.69, 9.17) is 28.4 Å². The van der Waals surface area contributed by atoms with Crippen LogP contribution in [0.4, 0.5) is 0 Å². The van der Waals surface area contributed by atoms with Crippen molar-refractivity contribution < 1.29 is 130 Å². The molecule has 0 unspecified atom stereocenters. The minimum absolute atomic E-state index is 0. The molecule has 0 saturated carbocycles. The molecule has 0 bridgehead atoms. The standard InChI is InChI=1S/3C27H24N2O8.4CH4/c1-14-5-17(25-18(14)8-28(12-22(30)31)11-21(25)27(35)37-4)7-16-6-15(2)24-19(16)9-29(13-23(32)33)10-20(24)26(34)36-3;1-14-5-16(18-8-28(12-22(30)31)10-20(24(14)18)26(34)36-3)7-17-6-15(2)25-19(17)9-29(13-23(32)33)11-21(25)27(35)37-4;1-14-5-16(24-18(14)8-28(12-22(30)31)10-20(24)26(34)36-3)7-17-6-15(2)19-9-29(13-23(32)33)11-21(25(17)19)27(35)37-4;;;;/h3*5-11H,12-13H2,1-4H3,(H-,30,31,32,33);4*1H4/p+2. The molecule has 0 radical (unpaired) electrons. The van der Waals surface area contributed by atoms with Crippen molar-refractivity contribution in [3.05, 3.63) is 211 Å². The number of rotatable bonds is 21. The summed E-state index contributed by atoms with van der Waals surface area (Å²) in [6.07, 6.45) is 29.8. The summed E-state index contributed by atoms with van der Waals surface area (Å²) >= 11 is 0. The monoisotopic (exact) mass is 1580 g/mol. The van der Waals surface area contributed by atoms with Crippen molar-refractivity contribution in [3.63, 3.8) is 0 Å². The van der Waals surface area contributed by atoms with Gasteiger partial charge in [0.2, 0.25) is 13.1 Å². The van der Waals surface area contributed by atoms with Crippen LogP contribution in [-0.2, 0) is 96.5 Å². The van der Waals surface area contributed by atoms with Gasteiger partial charge in [-0.15, -0.1) is 0 Å². The molecule has 3 aliphatic heterocycles. The Balaban J connectivity index is 0.000000264. The highest BCUT2D eigenvalue weighted by Crippen LogP contribution is 2.46. The Kier molecular flexibility index (Phi) is 28.7. The fourth-order valence-corrected chi connectivity index (χ4v) is 14.2. The zero-order valence-corrected chi connectivity index (χ0v) is 62.0. The first-order chi connectivity index (χ1) is 52.6. The van der Waals surface area contributed by atoms with Crippen LogP contribution in [0.1, 0.15) is 179 Å². The Morgan fingerprint density at radius 1 is 0.330 bits per heavy atom. The number of pyridine rings is 6. The molecule has 3 aromatic rings. The maximum Gasteiger partial charge on any atom is 0.370 e. The number of carbonyl (C=O) groups is 12. The Bertz CT molecular complexity index is 5610. The number of allylic oxidation sites excluding steroid dienone is 9. The van der Waals surface area contributed by atoms with Gasteiger partial charge in [-0.1, -0.05) is 66.1 Å². The van der Waals surface area contributed by atoms with Gasteiger partial charge in [0, 0.05) is 87.3 Å². The summed E-state index contributed by atoms with van der Waals surface area (Å²) in [5.41, 5.74) is 18.0. The number of carbonyl (C=O) groups excluding carboxylic acids is 7. The highest BCUT2D eigenvalue weighted by Gasteiger charge is 2.35. The van der Waals surface area contributed by atoms with Crippen LogP contribution in [0.15, 0.2) is 111 Å². The number of carboxylic acid groups (broad SMARTS) is 6. The summed E-state index contributed by atoms with van der Waals surface area (Å²) in [4.78, 5) is 144. The second kappa shape index (κ2) is 36.8. The van der Waals surface area contributed by atoms with Gasteiger partial charge in [-0.2, -0.15) is 13.7 Å². The average Bonchev–Trinajstić information content (AvgIpc) is 1.61. The van der Waals surface area contributed by atoms with Crippen LogP contribution in [0.3, 0.4) is 0 Å². The van der Waals surface area contributed by atoms with Crippen molar-refractivity contribution in [1.82, 2.24) is 13.7 Å². The van der Waals surface area contributed by atoms with E-state index in [0.29, 0.717) is 89.0 Å². The van der Waals surface area contributed by atoms with E-state index in [2.05, 4.69) is 0 Å². The summed E-state index contributed by atoms with van der Waals surface area (Å²) in [5.74, 6) is -10.2. The number of aromatic nitrogens is 6. The second-order valence-electron chi connectivity index (χ2n) is 26.2. The maximum atomic E-state index is 12.7. The Hall–Kier alpha value is -14.2. The number of hydrogen-bond acceptors (Lipinski definition) is 19. The van der Waals surface area contributed by atoms with E-state index < -0.39 is 78.2 Å². The normalized spacial score (nSPS) is 12.9. The van der Waals surface area contributed by atoms with E-state index >= 15 is 0 Å². The number of aryl methyl sites for hydroxylation is 3. The molecule has 9 aliphatic rings. The molecule has 6 heterocycles. The summed E-state index contributed by atoms with van der Waals surface area (Å²) in [6.45, 7) is 8.95. The van der Waals surface area contributed by atoms with Gasteiger partial charge in [0.05, 0.1) is 76.0 Å². The lowest BCUT2D eigenvalue weighted by atomic mass is 9.96. The number of fused-ring (bicyclic) bond motifs is 6. The van der Waals surface area contributed by atoms with Gasteiger partial charge in [0.1, 0.15) is 42.3 Å². The molecule has 30 heteroatoms. The van der Waals surface area contributed by atoms with Crippen LogP contribution in [-0.4, -0.2) is 154 Å². The van der Waals surface area contributed by atoms with Gasteiger partial charge in [0.15, 0.2) is 43.7 Å². The third kappa shape index (κ3) is 18.7. The molecule has 0 fully saturated rings. The first-order valence-corrected chi connectivity index (χ1v) is 33.7. The zero-order valence-electron chi connectivity index (χ0n) is 62.0. The molecule has 5 N–H and O–H groups in total. The number of nitrogens with zero attached hydrogens (tertiary/aromatic N) is 6. The van der Waals surface area contributed by atoms with Crippen LogP contribution >= 0.6 is 0 Å². The highest BCUT2D eigenvalue weighted by atomic mass is 16.5. The van der Waals surface area contributed by atoms with Gasteiger partial charge in [-0.05, 0) is 127 Å². The van der Waals surface area contributed by atoms with Gasteiger partial charge < -0.3 is 77.6 Å². The summed E-state index contributed by atoms with van der Waals surface area (Å²) < 4.78 is 38.2. The van der Waals surface area contributed by atoms with E-state index in [-0.39, 0.29) is 95.8 Å². The number of carboxylic acids is 6. The van der Waals surface area contributed by atoms with Gasteiger partial charge in [-0.25, -0.2) is 38.4 Å². The Morgan fingerprint density at radius 2 is 0.635 bits per heavy atom. The molecule has 3 aromatic heterocycles. The molecule has 30 nitrogen and oxygen atoms in total. The molecule has 6 aliphatic carbocycles.